The number of benzene rings is 1. The summed E-state index contributed by atoms with van der Waals surface area (Å²) in [6.07, 6.45) is 3.18. The van der Waals surface area contributed by atoms with E-state index >= 15 is 0 Å². The molecule has 0 heterocycles. The zero-order valence-corrected chi connectivity index (χ0v) is 18.4. The molecule has 1 N–H and O–H groups in total. The molecule has 1 aromatic rings. The van der Waals surface area contributed by atoms with Crippen LogP contribution in [-0.2, 0) is 15.6 Å². The first-order valence-corrected chi connectivity index (χ1v) is 12.9. The van der Waals surface area contributed by atoms with Gasteiger partial charge < -0.3 is 9.74 Å². The van der Waals surface area contributed by atoms with Gasteiger partial charge in [-0.2, -0.15) is 0 Å². The summed E-state index contributed by atoms with van der Waals surface area (Å²) in [6, 6.07) is 9.90. The lowest BCUT2D eigenvalue weighted by atomic mass is 10.0. The van der Waals surface area contributed by atoms with Crippen molar-refractivity contribution in [1.29, 1.82) is 0 Å². The molecule has 1 saturated carbocycles. The fourth-order valence-corrected chi connectivity index (χ4v) is 4.15. The van der Waals surface area contributed by atoms with Crippen molar-refractivity contribution in [2.45, 2.75) is 64.6 Å². The van der Waals surface area contributed by atoms with Crippen LogP contribution in [0.4, 0.5) is 4.39 Å². The summed E-state index contributed by atoms with van der Waals surface area (Å²) in [4.78, 5) is 12.3. The molecule has 3 nitrogen and oxygen atoms in total. The summed E-state index contributed by atoms with van der Waals surface area (Å²) in [6.45, 7) is 12.0. The SMILES string of the molecule is CC(C)(C)[Si](C)(C)OCC1CCC/C1=C(/F)C(=O)NCCc1ccccc1. The molecule has 1 fully saturated rings. The minimum absolute atomic E-state index is 0.0269. The number of carbonyl (C=O) groups excluding carboxylic acids is 1. The monoisotopic (exact) mass is 391 g/mol. The predicted molar refractivity (Wildman–Crippen MR) is 112 cm³/mol. The van der Waals surface area contributed by atoms with E-state index in [-0.39, 0.29) is 11.0 Å². The molecule has 27 heavy (non-hydrogen) atoms. The minimum Gasteiger partial charge on any atom is -0.416 e. The first-order chi connectivity index (χ1) is 12.6. The van der Waals surface area contributed by atoms with Gasteiger partial charge in [0.15, 0.2) is 14.1 Å². The van der Waals surface area contributed by atoms with Crippen molar-refractivity contribution in [3.05, 3.63) is 47.3 Å². The van der Waals surface area contributed by atoms with Crippen molar-refractivity contribution < 1.29 is 13.6 Å². The summed E-state index contributed by atoms with van der Waals surface area (Å²) >= 11 is 0. The molecule has 2 rings (SSSR count). The molecule has 0 aromatic heterocycles. The molecule has 0 spiro atoms. The van der Waals surface area contributed by atoms with E-state index in [1.165, 1.54) is 0 Å². The molecule has 0 radical (unpaired) electrons. The molecule has 0 aliphatic heterocycles. The van der Waals surface area contributed by atoms with Gasteiger partial charge in [0.05, 0.1) is 0 Å². The molecule has 1 amide bonds. The van der Waals surface area contributed by atoms with Crippen molar-refractivity contribution in [2.24, 2.45) is 5.92 Å². The first-order valence-electron chi connectivity index (χ1n) is 9.96. The van der Waals surface area contributed by atoms with Crippen LogP contribution in [0.25, 0.3) is 0 Å². The Labute approximate surface area is 164 Å². The Morgan fingerprint density at radius 1 is 1.26 bits per heavy atom. The van der Waals surface area contributed by atoms with Crippen molar-refractivity contribution in [2.75, 3.05) is 13.2 Å². The molecule has 1 atom stereocenters. The van der Waals surface area contributed by atoms with Gasteiger partial charge in [0.1, 0.15) is 0 Å². The van der Waals surface area contributed by atoms with Gasteiger partial charge in [-0.25, -0.2) is 4.39 Å². The summed E-state index contributed by atoms with van der Waals surface area (Å²) < 4.78 is 21.0. The Kier molecular flexibility index (Phi) is 7.40. The highest BCUT2D eigenvalue weighted by Gasteiger charge is 2.38. The Bertz CT molecular complexity index is 665. The van der Waals surface area contributed by atoms with E-state index in [1.807, 2.05) is 30.3 Å². The van der Waals surface area contributed by atoms with Crippen molar-refractivity contribution in [3.63, 3.8) is 0 Å². The van der Waals surface area contributed by atoms with Gasteiger partial charge in [-0.15, -0.1) is 0 Å². The Balaban J connectivity index is 1.92. The van der Waals surface area contributed by atoms with Crippen LogP contribution in [0.15, 0.2) is 41.7 Å². The summed E-state index contributed by atoms with van der Waals surface area (Å²) in [5.41, 5.74) is 1.78. The Morgan fingerprint density at radius 3 is 2.56 bits per heavy atom. The third-order valence-corrected chi connectivity index (χ3v) is 10.5. The number of amides is 1. The van der Waals surface area contributed by atoms with Crippen LogP contribution in [-0.4, -0.2) is 27.4 Å². The lowest BCUT2D eigenvalue weighted by molar-refractivity contribution is -0.119. The molecule has 1 aromatic carbocycles. The molecule has 1 aliphatic carbocycles. The third-order valence-electron chi connectivity index (χ3n) is 5.97. The van der Waals surface area contributed by atoms with Crippen molar-refractivity contribution in [3.8, 4) is 0 Å². The highest BCUT2D eigenvalue weighted by atomic mass is 28.4. The van der Waals surface area contributed by atoms with Crippen LogP contribution < -0.4 is 5.32 Å². The lowest BCUT2D eigenvalue weighted by Crippen LogP contribution is -2.42. The van der Waals surface area contributed by atoms with Gasteiger partial charge in [0.2, 0.25) is 0 Å². The lowest BCUT2D eigenvalue weighted by Gasteiger charge is -2.37. The van der Waals surface area contributed by atoms with Crippen molar-refractivity contribution in [1.82, 2.24) is 5.32 Å². The van der Waals surface area contributed by atoms with E-state index < -0.39 is 20.1 Å². The van der Waals surface area contributed by atoms with Gasteiger partial charge in [-0.3, -0.25) is 4.79 Å². The Morgan fingerprint density at radius 2 is 1.93 bits per heavy atom. The quantitative estimate of drug-likeness (QED) is 0.500. The maximum absolute atomic E-state index is 14.8. The minimum atomic E-state index is -1.87. The van der Waals surface area contributed by atoms with E-state index in [1.54, 1.807) is 0 Å². The molecule has 5 heteroatoms. The first kappa shape index (κ1) is 21.8. The highest BCUT2D eigenvalue weighted by molar-refractivity contribution is 6.74. The van der Waals surface area contributed by atoms with Crippen LogP contribution in [0, 0.1) is 5.92 Å². The van der Waals surface area contributed by atoms with Gasteiger partial charge in [0, 0.05) is 19.1 Å². The zero-order valence-electron chi connectivity index (χ0n) is 17.4. The summed E-state index contributed by atoms with van der Waals surface area (Å²) in [7, 11) is -1.87. The van der Waals surface area contributed by atoms with Crippen LogP contribution >= 0.6 is 0 Å². The van der Waals surface area contributed by atoms with E-state index in [9.17, 15) is 9.18 Å². The average molecular weight is 392 g/mol. The molecule has 1 unspecified atom stereocenters. The molecule has 1 aliphatic rings. The normalized spacial score (nSPS) is 19.9. The van der Waals surface area contributed by atoms with E-state index in [0.29, 0.717) is 31.6 Å². The van der Waals surface area contributed by atoms with Gasteiger partial charge in [-0.05, 0) is 55.0 Å². The number of nitrogens with one attached hydrogen (secondary N) is 1. The van der Waals surface area contributed by atoms with Crippen LogP contribution in [0.2, 0.25) is 18.1 Å². The molecular weight excluding hydrogens is 357 g/mol. The number of halogens is 1. The fraction of sp³-hybridized carbons (Fsp3) is 0.591. The van der Waals surface area contributed by atoms with E-state index in [0.717, 1.165) is 18.4 Å². The second-order valence-corrected chi connectivity index (χ2v) is 13.8. The standard InChI is InChI=1S/C22H34FNO2Si/c1-22(2,3)27(4,5)26-16-18-12-9-13-19(18)20(23)21(25)24-15-14-17-10-7-6-8-11-17/h6-8,10-11,18H,9,12-16H2,1-5H3,(H,24,25)/b20-19-. The second-order valence-electron chi connectivity index (χ2n) is 8.99. The van der Waals surface area contributed by atoms with Crippen LogP contribution in [0.3, 0.4) is 0 Å². The molecular formula is C22H34FNO2Si. The van der Waals surface area contributed by atoms with Crippen LogP contribution in [0.5, 0.6) is 0 Å². The molecule has 0 saturated heterocycles. The van der Waals surface area contributed by atoms with E-state index in [4.69, 9.17) is 4.43 Å². The predicted octanol–water partition coefficient (Wildman–Crippen LogP) is 5.39. The zero-order chi connectivity index (χ0) is 20.1. The second kappa shape index (κ2) is 9.15. The third kappa shape index (κ3) is 6.01. The molecule has 150 valence electrons. The number of hydrogen-bond donors (Lipinski definition) is 1. The van der Waals surface area contributed by atoms with Crippen LogP contribution in [0.1, 0.15) is 45.6 Å². The average Bonchev–Trinajstić information content (AvgIpc) is 3.07. The number of rotatable bonds is 7. The Hall–Kier alpha value is -1.46. The number of hydrogen-bond acceptors (Lipinski definition) is 2. The maximum Gasteiger partial charge on any atom is 0.280 e. The molecule has 0 bridgehead atoms. The van der Waals surface area contributed by atoms with E-state index in [2.05, 4.69) is 39.2 Å². The fourth-order valence-electron chi connectivity index (χ4n) is 3.10. The summed E-state index contributed by atoms with van der Waals surface area (Å²) in [5, 5.41) is 2.85. The largest absolute Gasteiger partial charge is 0.416 e. The van der Waals surface area contributed by atoms with Gasteiger partial charge in [0.25, 0.3) is 5.91 Å². The highest BCUT2D eigenvalue weighted by Crippen LogP contribution is 2.39. The van der Waals surface area contributed by atoms with Gasteiger partial charge in [-0.1, -0.05) is 51.1 Å². The number of carbonyl (C=O) groups is 1. The van der Waals surface area contributed by atoms with Crippen molar-refractivity contribution >= 4 is 14.2 Å². The summed E-state index contributed by atoms with van der Waals surface area (Å²) in [5.74, 6) is -1.15. The van der Waals surface area contributed by atoms with Gasteiger partial charge >= 0.3 is 0 Å². The maximum atomic E-state index is 14.8. The topological polar surface area (TPSA) is 38.3 Å². The smallest absolute Gasteiger partial charge is 0.280 e.